The number of anilines is 1. The van der Waals surface area contributed by atoms with E-state index in [2.05, 4.69) is 5.92 Å². The van der Waals surface area contributed by atoms with Crippen LogP contribution in [0.25, 0.3) is 0 Å². The van der Waals surface area contributed by atoms with Crippen molar-refractivity contribution in [3.63, 3.8) is 0 Å². The Kier molecular flexibility index (Phi) is 2.80. The van der Waals surface area contributed by atoms with E-state index in [0.717, 1.165) is 0 Å². The minimum Gasteiger partial charge on any atom is -0.308 e. The lowest BCUT2D eigenvalue weighted by atomic mass is 10.1. The molecule has 2 rings (SSSR count). The molecule has 0 N–H and O–H groups in total. The van der Waals surface area contributed by atoms with Gasteiger partial charge in [0, 0.05) is 18.9 Å². The van der Waals surface area contributed by atoms with Gasteiger partial charge in [-0.05, 0) is 18.2 Å². The second-order valence-electron chi connectivity index (χ2n) is 3.85. The number of halogens is 1. The van der Waals surface area contributed by atoms with Crippen LogP contribution in [0.2, 0.25) is 0 Å². The molecular weight excluding hydrogens is 219 g/mol. The van der Waals surface area contributed by atoms with E-state index >= 15 is 0 Å². The highest BCUT2D eigenvalue weighted by Crippen LogP contribution is 2.27. The first-order chi connectivity index (χ1) is 8.15. The third-order valence-electron chi connectivity index (χ3n) is 2.73. The highest BCUT2D eigenvalue weighted by Gasteiger charge is 2.30. The fourth-order valence-corrected chi connectivity index (χ4v) is 1.84. The molecule has 4 heteroatoms. The van der Waals surface area contributed by atoms with Gasteiger partial charge in [-0.15, -0.1) is 12.3 Å². The summed E-state index contributed by atoms with van der Waals surface area (Å²) in [7, 11) is 0. The smallest absolute Gasteiger partial charge is 0.228 e. The first kappa shape index (κ1) is 11.2. The van der Waals surface area contributed by atoms with Gasteiger partial charge in [0.2, 0.25) is 5.91 Å². The maximum atomic E-state index is 13.6. The zero-order valence-electron chi connectivity index (χ0n) is 8.98. The molecular formula is C13H9FN2O. The summed E-state index contributed by atoms with van der Waals surface area (Å²) in [5.41, 5.74) is 0.449. The standard InChI is InChI=1S/C13H9FN2O/c1-2-9-6-13(17)16(8-9)12-5-10(7-15)3-4-11(12)14/h1,3-5,9H,6,8H2. The van der Waals surface area contributed by atoms with Gasteiger partial charge < -0.3 is 4.90 Å². The van der Waals surface area contributed by atoms with Crippen LogP contribution >= 0.6 is 0 Å². The van der Waals surface area contributed by atoms with Crippen LogP contribution in [-0.4, -0.2) is 12.5 Å². The van der Waals surface area contributed by atoms with Gasteiger partial charge in [0.25, 0.3) is 0 Å². The van der Waals surface area contributed by atoms with Crippen LogP contribution in [0.5, 0.6) is 0 Å². The minimum absolute atomic E-state index is 0.131. The molecule has 17 heavy (non-hydrogen) atoms. The zero-order chi connectivity index (χ0) is 12.4. The third-order valence-corrected chi connectivity index (χ3v) is 2.73. The zero-order valence-corrected chi connectivity index (χ0v) is 8.98. The van der Waals surface area contributed by atoms with Gasteiger partial charge >= 0.3 is 0 Å². The molecule has 1 atom stereocenters. The SMILES string of the molecule is C#CC1CC(=O)N(c2cc(C#N)ccc2F)C1. The number of benzene rings is 1. The monoisotopic (exact) mass is 228 g/mol. The third kappa shape index (κ3) is 1.98. The van der Waals surface area contributed by atoms with Gasteiger partial charge in [0.05, 0.1) is 17.3 Å². The molecule has 1 amide bonds. The van der Waals surface area contributed by atoms with E-state index < -0.39 is 5.82 Å². The van der Waals surface area contributed by atoms with Crippen molar-refractivity contribution in [3.05, 3.63) is 29.6 Å². The predicted octanol–water partition coefficient (Wildman–Crippen LogP) is 1.68. The molecule has 0 aliphatic carbocycles. The number of nitrogens with zero attached hydrogens (tertiary/aromatic N) is 2. The summed E-state index contributed by atoms with van der Waals surface area (Å²) in [5, 5.41) is 8.75. The Morgan fingerprint density at radius 1 is 1.53 bits per heavy atom. The number of carbonyl (C=O) groups is 1. The molecule has 1 heterocycles. The molecule has 1 unspecified atom stereocenters. The summed E-state index contributed by atoms with van der Waals surface area (Å²) in [6.45, 7) is 0.307. The summed E-state index contributed by atoms with van der Waals surface area (Å²) >= 11 is 0. The second-order valence-corrected chi connectivity index (χ2v) is 3.85. The normalized spacial score (nSPS) is 18.9. The van der Waals surface area contributed by atoms with Gasteiger partial charge in [0.15, 0.2) is 0 Å². The van der Waals surface area contributed by atoms with Crippen molar-refractivity contribution in [2.75, 3.05) is 11.4 Å². The van der Waals surface area contributed by atoms with Crippen LogP contribution in [0.1, 0.15) is 12.0 Å². The van der Waals surface area contributed by atoms with Crippen molar-refractivity contribution in [3.8, 4) is 18.4 Å². The minimum atomic E-state index is -0.518. The number of amides is 1. The van der Waals surface area contributed by atoms with Gasteiger partial charge in [-0.25, -0.2) is 4.39 Å². The number of rotatable bonds is 1. The van der Waals surface area contributed by atoms with Crippen molar-refractivity contribution in [2.45, 2.75) is 6.42 Å². The maximum Gasteiger partial charge on any atom is 0.228 e. The highest BCUT2D eigenvalue weighted by molar-refractivity contribution is 5.96. The van der Waals surface area contributed by atoms with Crippen molar-refractivity contribution >= 4 is 11.6 Å². The second kappa shape index (κ2) is 4.27. The Hall–Kier alpha value is -2.33. The van der Waals surface area contributed by atoms with E-state index in [1.165, 1.54) is 23.1 Å². The van der Waals surface area contributed by atoms with E-state index in [-0.39, 0.29) is 23.9 Å². The average molecular weight is 228 g/mol. The van der Waals surface area contributed by atoms with Gasteiger partial charge in [0.1, 0.15) is 5.82 Å². The molecule has 1 aliphatic rings. The molecule has 0 radical (unpaired) electrons. The van der Waals surface area contributed by atoms with Crippen LogP contribution in [0.3, 0.4) is 0 Å². The van der Waals surface area contributed by atoms with E-state index in [1.807, 2.05) is 6.07 Å². The van der Waals surface area contributed by atoms with Crippen molar-refractivity contribution in [1.82, 2.24) is 0 Å². The number of nitriles is 1. The Morgan fingerprint density at radius 2 is 2.29 bits per heavy atom. The number of carbonyl (C=O) groups excluding carboxylic acids is 1. The largest absolute Gasteiger partial charge is 0.308 e. The lowest BCUT2D eigenvalue weighted by Crippen LogP contribution is -2.25. The average Bonchev–Trinajstić information content (AvgIpc) is 2.71. The number of terminal acetylenes is 1. The summed E-state index contributed by atoms with van der Waals surface area (Å²) in [6, 6.07) is 5.84. The first-order valence-corrected chi connectivity index (χ1v) is 5.12. The lowest BCUT2D eigenvalue weighted by molar-refractivity contribution is -0.117. The molecule has 0 spiro atoms. The summed E-state index contributed by atoms with van der Waals surface area (Å²) < 4.78 is 13.6. The fourth-order valence-electron chi connectivity index (χ4n) is 1.84. The summed E-state index contributed by atoms with van der Waals surface area (Å²) in [4.78, 5) is 13.0. The summed E-state index contributed by atoms with van der Waals surface area (Å²) in [6.07, 6.45) is 5.48. The van der Waals surface area contributed by atoms with E-state index in [9.17, 15) is 9.18 Å². The van der Waals surface area contributed by atoms with Crippen molar-refractivity contribution < 1.29 is 9.18 Å². The van der Waals surface area contributed by atoms with Gasteiger partial charge in [-0.2, -0.15) is 5.26 Å². The Morgan fingerprint density at radius 3 is 2.88 bits per heavy atom. The van der Waals surface area contributed by atoms with E-state index in [4.69, 9.17) is 11.7 Å². The molecule has 84 valence electrons. The van der Waals surface area contributed by atoms with Crippen molar-refractivity contribution in [2.24, 2.45) is 5.92 Å². The molecule has 1 aliphatic heterocycles. The van der Waals surface area contributed by atoms with Crippen LogP contribution < -0.4 is 4.90 Å². The Labute approximate surface area is 98.5 Å². The van der Waals surface area contributed by atoms with E-state index in [1.54, 1.807) is 0 Å². The maximum absolute atomic E-state index is 13.6. The van der Waals surface area contributed by atoms with Crippen LogP contribution in [0.4, 0.5) is 10.1 Å². The molecule has 3 nitrogen and oxygen atoms in total. The highest BCUT2D eigenvalue weighted by atomic mass is 19.1. The molecule has 0 saturated carbocycles. The quantitative estimate of drug-likeness (QED) is 0.686. The lowest BCUT2D eigenvalue weighted by Gasteiger charge is -2.16. The Balaban J connectivity index is 2.39. The molecule has 0 bridgehead atoms. The molecule has 1 saturated heterocycles. The van der Waals surface area contributed by atoms with E-state index in [0.29, 0.717) is 12.1 Å². The molecule has 1 aromatic rings. The molecule has 0 aromatic heterocycles. The van der Waals surface area contributed by atoms with Crippen LogP contribution in [0.15, 0.2) is 18.2 Å². The summed E-state index contributed by atoms with van der Waals surface area (Å²) in [5.74, 6) is 1.58. The van der Waals surface area contributed by atoms with Gasteiger partial charge in [-0.1, -0.05) is 0 Å². The topological polar surface area (TPSA) is 44.1 Å². The van der Waals surface area contributed by atoms with Crippen molar-refractivity contribution in [1.29, 1.82) is 5.26 Å². The molecule has 1 fully saturated rings. The molecule has 1 aromatic carbocycles. The Bertz CT molecular complexity index is 554. The van der Waals surface area contributed by atoms with Crippen LogP contribution in [0, 0.1) is 35.4 Å². The number of hydrogen-bond acceptors (Lipinski definition) is 2. The predicted molar refractivity (Wildman–Crippen MR) is 60.4 cm³/mol. The first-order valence-electron chi connectivity index (χ1n) is 5.12. The number of hydrogen-bond donors (Lipinski definition) is 0. The van der Waals surface area contributed by atoms with Crippen LogP contribution in [-0.2, 0) is 4.79 Å². The van der Waals surface area contributed by atoms with Gasteiger partial charge in [-0.3, -0.25) is 4.79 Å². The fraction of sp³-hybridized carbons (Fsp3) is 0.231.